The van der Waals surface area contributed by atoms with Crippen molar-refractivity contribution in [2.45, 2.75) is 18.4 Å². The lowest BCUT2D eigenvalue weighted by Gasteiger charge is -2.07. The first-order valence-electron chi connectivity index (χ1n) is 4.88. The Bertz CT molecular complexity index is 382. The van der Waals surface area contributed by atoms with Crippen LogP contribution >= 0.6 is 11.8 Å². The van der Waals surface area contributed by atoms with Crippen LogP contribution in [-0.4, -0.2) is 33.5 Å². The fourth-order valence-corrected chi connectivity index (χ4v) is 2.13. The Morgan fingerprint density at radius 3 is 2.94 bits per heavy atom. The summed E-state index contributed by atoms with van der Waals surface area (Å²) in [4.78, 5) is 4.32. The van der Waals surface area contributed by atoms with Crippen LogP contribution in [-0.2, 0) is 0 Å². The molecule has 0 unspecified atom stereocenters. The van der Waals surface area contributed by atoms with Crippen molar-refractivity contribution in [3.63, 3.8) is 0 Å². The van der Waals surface area contributed by atoms with Gasteiger partial charge in [-0.15, -0.1) is 11.8 Å². The molecule has 1 aromatic rings. The molecule has 0 radical (unpaired) electrons. The minimum Gasteiger partial charge on any atom is -0.409 e. The number of aliphatic hydroxyl groups excluding tert-OH is 1. The second-order valence-corrected chi connectivity index (χ2v) is 4.30. The summed E-state index contributed by atoms with van der Waals surface area (Å²) in [6.07, 6.45) is 0.690. The average molecular weight is 241 g/mol. The number of oxime groups is 1. The molecule has 0 amide bonds. The van der Waals surface area contributed by atoms with Crippen LogP contribution in [0.25, 0.3) is 0 Å². The molecule has 1 aromatic heterocycles. The Kier molecular flexibility index (Phi) is 5.07. The molecule has 0 aliphatic carbocycles. The predicted molar refractivity (Wildman–Crippen MR) is 63.9 cm³/mol. The van der Waals surface area contributed by atoms with Gasteiger partial charge in [0.05, 0.1) is 5.56 Å². The molecule has 1 heterocycles. The van der Waals surface area contributed by atoms with E-state index in [1.807, 2.05) is 13.0 Å². The number of nitrogens with zero attached hydrogens (tertiary/aromatic N) is 2. The number of amidine groups is 1. The Morgan fingerprint density at radius 2 is 2.31 bits per heavy atom. The first kappa shape index (κ1) is 12.8. The van der Waals surface area contributed by atoms with Crippen molar-refractivity contribution in [3.05, 3.63) is 23.4 Å². The van der Waals surface area contributed by atoms with Crippen LogP contribution in [0.3, 0.4) is 0 Å². The zero-order valence-electron chi connectivity index (χ0n) is 9.05. The molecule has 4 N–H and O–H groups in total. The van der Waals surface area contributed by atoms with Gasteiger partial charge in [0.15, 0.2) is 5.84 Å². The van der Waals surface area contributed by atoms with E-state index >= 15 is 0 Å². The molecule has 0 aromatic carbocycles. The molecule has 6 heteroatoms. The Labute approximate surface area is 98.4 Å². The quantitative estimate of drug-likeness (QED) is 0.178. The highest BCUT2D eigenvalue weighted by Gasteiger charge is 2.09. The summed E-state index contributed by atoms with van der Waals surface area (Å²) < 4.78 is 0. The van der Waals surface area contributed by atoms with Crippen LogP contribution in [0.2, 0.25) is 0 Å². The highest BCUT2D eigenvalue weighted by molar-refractivity contribution is 7.99. The van der Waals surface area contributed by atoms with Gasteiger partial charge in [-0.2, -0.15) is 0 Å². The lowest BCUT2D eigenvalue weighted by molar-refractivity contribution is 0.296. The van der Waals surface area contributed by atoms with Crippen LogP contribution < -0.4 is 5.73 Å². The molecule has 0 atom stereocenters. The number of rotatable bonds is 5. The average Bonchev–Trinajstić information content (AvgIpc) is 2.29. The van der Waals surface area contributed by atoms with Crippen LogP contribution in [0.5, 0.6) is 0 Å². The number of thioether (sulfide) groups is 1. The zero-order chi connectivity index (χ0) is 12.0. The van der Waals surface area contributed by atoms with E-state index < -0.39 is 0 Å². The summed E-state index contributed by atoms with van der Waals surface area (Å²) >= 11 is 1.49. The molecule has 0 saturated carbocycles. The Hall–Kier alpha value is -1.27. The predicted octanol–water partition coefficient (Wildman–Crippen LogP) is 0.959. The first-order valence-corrected chi connectivity index (χ1v) is 5.86. The minimum absolute atomic E-state index is 0.0546. The zero-order valence-corrected chi connectivity index (χ0v) is 9.87. The van der Waals surface area contributed by atoms with Gasteiger partial charge in [0.2, 0.25) is 0 Å². The third-order valence-electron chi connectivity index (χ3n) is 1.92. The largest absolute Gasteiger partial charge is 0.409 e. The Balaban J connectivity index is 2.90. The third-order valence-corrected chi connectivity index (χ3v) is 3.00. The van der Waals surface area contributed by atoms with E-state index in [0.29, 0.717) is 12.0 Å². The van der Waals surface area contributed by atoms with Crippen LogP contribution in [0.15, 0.2) is 22.3 Å². The molecule has 0 aliphatic heterocycles. The molecule has 0 spiro atoms. The molecule has 5 nitrogen and oxygen atoms in total. The summed E-state index contributed by atoms with van der Waals surface area (Å²) in [6.45, 7) is 2.03. The van der Waals surface area contributed by atoms with Gasteiger partial charge in [-0.25, -0.2) is 4.98 Å². The summed E-state index contributed by atoms with van der Waals surface area (Å²) in [5, 5.41) is 21.0. The maximum Gasteiger partial charge on any atom is 0.172 e. The highest BCUT2D eigenvalue weighted by atomic mass is 32.2. The summed E-state index contributed by atoms with van der Waals surface area (Å²) in [7, 11) is 0. The van der Waals surface area contributed by atoms with Gasteiger partial charge in [-0.1, -0.05) is 5.16 Å². The second-order valence-electron chi connectivity index (χ2n) is 3.22. The highest BCUT2D eigenvalue weighted by Crippen LogP contribution is 2.21. The van der Waals surface area contributed by atoms with Gasteiger partial charge in [-0.3, -0.25) is 0 Å². The fourth-order valence-electron chi connectivity index (χ4n) is 1.13. The Morgan fingerprint density at radius 1 is 1.56 bits per heavy atom. The monoisotopic (exact) mass is 241 g/mol. The number of pyridine rings is 1. The fraction of sp³-hybridized carbons (Fsp3) is 0.400. The number of aliphatic hydroxyl groups is 1. The van der Waals surface area contributed by atoms with E-state index in [0.717, 1.165) is 16.5 Å². The summed E-state index contributed by atoms with van der Waals surface area (Å²) in [5.74, 6) is 0.803. The van der Waals surface area contributed by atoms with Gasteiger partial charge in [-0.05, 0) is 25.5 Å². The number of hydrogen-bond donors (Lipinski definition) is 3. The summed E-state index contributed by atoms with van der Waals surface area (Å²) in [6, 6.07) is 3.59. The lowest BCUT2D eigenvalue weighted by atomic mass is 10.2. The molecular formula is C10H15N3O2S. The molecule has 1 rings (SSSR count). The standard InChI is InChI=1S/C10H15N3O2S/c1-7-3-4-8(9(11)13-15)10(12-7)16-6-2-5-14/h3-4,14-15H,2,5-6H2,1H3,(H2,11,13). The van der Waals surface area contributed by atoms with Crippen molar-refractivity contribution in [2.24, 2.45) is 10.9 Å². The third kappa shape index (κ3) is 3.39. The van der Waals surface area contributed by atoms with Gasteiger partial charge in [0.25, 0.3) is 0 Å². The van der Waals surface area contributed by atoms with Crippen molar-refractivity contribution in [1.29, 1.82) is 0 Å². The topological polar surface area (TPSA) is 91.7 Å². The van der Waals surface area contributed by atoms with Crippen LogP contribution in [0, 0.1) is 6.92 Å². The van der Waals surface area contributed by atoms with E-state index in [-0.39, 0.29) is 12.4 Å². The SMILES string of the molecule is Cc1ccc(C(N)=NO)c(SCCCO)n1. The first-order chi connectivity index (χ1) is 7.69. The number of hydrogen-bond acceptors (Lipinski definition) is 5. The molecule has 88 valence electrons. The smallest absolute Gasteiger partial charge is 0.172 e. The van der Waals surface area contributed by atoms with E-state index in [9.17, 15) is 0 Å². The maximum absolute atomic E-state index is 8.70. The van der Waals surface area contributed by atoms with Crippen molar-refractivity contribution in [1.82, 2.24) is 4.98 Å². The number of aromatic nitrogens is 1. The molecule has 0 saturated heterocycles. The van der Waals surface area contributed by atoms with Gasteiger partial charge < -0.3 is 16.0 Å². The molecular weight excluding hydrogens is 226 g/mol. The van der Waals surface area contributed by atoms with E-state index in [4.69, 9.17) is 16.0 Å². The van der Waals surface area contributed by atoms with E-state index in [1.165, 1.54) is 11.8 Å². The van der Waals surface area contributed by atoms with Gasteiger partial charge in [0.1, 0.15) is 5.03 Å². The molecule has 0 bridgehead atoms. The van der Waals surface area contributed by atoms with Crippen molar-refractivity contribution in [2.75, 3.05) is 12.4 Å². The molecule has 0 fully saturated rings. The van der Waals surface area contributed by atoms with Gasteiger partial charge >= 0.3 is 0 Å². The van der Waals surface area contributed by atoms with Crippen molar-refractivity contribution >= 4 is 17.6 Å². The lowest BCUT2D eigenvalue weighted by Crippen LogP contribution is -2.15. The maximum atomic E-state index is 8.70. The number of aryl methyl sites for hydroxylation is 1. The van der Waals surface area contributed by atoms with Gasteiger partial charge in [0, 0.05) is 18.1 Å². The second kappa shape index (κ2) is 6.34. The number of nitrogens with two attached hydrogens (primary N) is 1. The summed E-state index contributed by atoms with van der Waals surface area (Å²) in [5.41, 5.74) is 7.04. The van der Waals surface area contributed by atoms with Crippen molar-refractivity contribution < 1.29 is 10.3 Å². The van der Waals surface area contributed by atoms with E-state index in [1.54, 1.807) is 6.07 Å². The van der Waals surface area contributed by atoms with Crippen molar-refractivity contribution in [3.8, 4) is 0 Å². The van der Waals surface area contributed by atoms with Crippen LogP contribution in [0.1, 0.15) is 17.7 Å². The molecule has 0 aliphatic rings. The molecule has 16 heavy (non-hydrogen) atoms. The minimum atomic E-state index is 0.0546. The normalized spacial score (nSPS) is 11.8. The van der Waals surface area contributed by atoms with E-state index in [2.05, 4.69) is 10.1 Å². The van der Waals surface area contributed by atoms with Crippen LogP contribution in [0.4, 0.5) is 0 Å².